The average molecular weight is 561 g/mol. The van der Waals surface area contributed by atoms with E-state index in [1.165, 1.54) is 61.8 Å². The lowest BCUT2D eigenvalue weighted by Gasteiger charge is -2.35. The lowest BCUT2D eigenvalue weighted by molar-refractivity contribution is 0.251. The molecule has 0 saturated carbocycles. The van der Waals surface area contributed by atoms with Crippen molar-refractivity contribution in [1.29, 1.82) is 0 Å². The van der Waals surface area contributed by atoms with Crippen molar-refractivity contribution in [2.75, 3.05) is 56.7 Å². The fraction of sp³-hybridized carbons (Fsp3) is 0.559. The third-order valence-corrected chi connectivity index (χ3v) is 9.20. The van der Waals surface area contributed by atoms with Gasteiger partial charge in [-0.1, -0.05) is 19.4 Å². The molecule has 3 aromatic rings. The molecular formula is C34H45FN4O2. The number of methoxy groups -OCH3 is 1. The second-order valence-corrected chi connectivity index (χ2v) is 12.3. The lowest BCUT2D eigenvalue weighted by Crippen LogP contribution is -2.39. The number of nitrogens with one attached hydrogen (secondary N) is 1. The molecule has 1 N–H and O–H groups in total. The maximum Gasteiger partial charge on any atom is 0.163 e. The number of halogens is 1. The first-order chi connectivity index (χ1) is 20.1. The molecular weight excluding hydrogens is 515 g/mol. The van der Waals surface area contributed by atoms with E-state index in [9.17, 15) is 4.39 Å². The Hall–Kier alpha value is -3.06. The SMILES string of the molecule is COc1cc2c(NC3CCN(c4cccc(F)c4)CC3)c3c(nc2cc1OCCCN1CCC(C)C1)CCCCC3. The second-order valence-electron chi connectivity index (χ2n) is 12.3. The molecule has 2 saturated heterocycles. The van der Waals surface area contributed by atoms with Gasteiger partial charge in [0.05, 0.1) is 19.2 Å². The van der Waals surface area contributed by atoms with E-state index in [1.54, 1.807) is 19.2 Å². The first-order valence-corrected chi connectivity index (χ1v) is 15.7. The number of benzene rings is 2. The van der Waals surface area contributed by atoms with Crippen molar-refractivity contribution in [2.24, 2.45) is 5.92 Å². The summed E-state index contributed by atoms with van der Waals surface area (Å²) >= 11 is 0. The number of fused-ring (bicyclic) bond motifs is 2. The van der Waals surface area contributed by atoms with Crippen molar-refractivity contribution in [3.8, 4) is 11.5 Å². The van der Waals surface area contributed by atoms with Crippen molar-refractivity contribution in [2.45, 2.75) is 70.8 Å². The number of piperidine rings is 1. The van der Waals surface area contributed by atoms with Crippen molar-refractivity contribution >= 4 is 22.3 Å². The Kier molecular flexibility index (Phi) is 8.80. The highest BCUT2D eigenvalue weighted by atomic mass is 19.1. The van der Waals surface area contributed by atoms with Crippen LogP contribution < -0.4 is 19.7 Å². The van der Waals surface area contributed by atoms with Crippen LogP contribution in [-0.2, 0) is 12.8 Å². The number of anilines is 2. The Morgan fingerprint density at radius 2 is 1.85 bits per heavy atom. The predicted molar refractivity (Wildman–Crippen MR) is 165 cm³/mol. The van der Waals surface area contributed by atoms with E-state index in [2.05, 4.69) is 34.2 Å². The summed E-state index contributed by atoms with van der Waals surface area (Å²) in [5.74, 6) is 2.19. The number of nitrogens with zero attached hydrogens (tertiary/aromatic N) is 3. The molecule has 6 rings (SSSR count). The van der Waals surface area contributed by atoms with Gasteiger partial charge in [-0.05, 0) is 93.7 Å². The highest BCUT2D eigenvalue weighted by molar-refractivity contribution is 5.96. The number of likely N-dealkylation sites (tertiary alicyclic amines) is 1. The minimum atomic E-state index is -0.174. The molecule has 3 aliphatic rings. The number of hydrogen-bond donors (Lipinski definition) is 1. The van der Waals surface area contributed by atoms with Gasteiger partial charge < -0.3 is 24.6 Å². The molecule has 1 aromatic heterocycles. The molecule has 2 aliphatic heterocycles. The number of rotatable bonds is 9. The van der Waals surface area contributed by atoms with E-state index in [4.69, 9.17) is 14.5 Å². The number of pyridine rings is 1. The molecule has 41 heavy (non-hydrogen) atoms. The van der Waals surface area contributed by atoms with Gasteiger partial charge in [0.25, 0.3) is 0 Å². The predicted octanol–water partition coefficient (Wildman–Crippen LogP) is 6.84. The summed E-state index contributed by atoms with van der Waals surface area (Å²) in [4.78, 5) is 10.0. The first-order valence-electron chi connectivity index (χ1n) is 15.7. The van der Waals surface area contributed by atoms with Gasteiger partial charge in [-0.3, -0.25) is 4.98 Å². The van der Waals surface area contributed by atoms with Crippen LogP contribution in [0.5, 0.6) is 11.5 Å². The number of aryl methyl sites for hydroxylation is 1. The summed E-state index contributed by atoms with van der Waals surface area (Å²) < 4.78 is 26.0. The summed E-state index contributed by atoms with van der Waals surface area (Å²) in [6, 6.07) is 11.5. The van der Waals surface area contributed by atoms with Crippen molar-refractivity contribution in [1.82, 2.24) is 9.88 Å². The maximum absolute atomic E-state index is 13.8. The zero-order chi connectivity index (χ0) is 28.2. The zero-order valence-electron chi connectivity index (χ0n) is 24.8. The van der Waals surface area contributed by atoms with Crippen molar-refractivity contribution < 1.29 is 13.9 Å². The maximum atomic E-state index is 13.8. The largest absolute Gasteiger partial charge is 0.493 e. The molecule has 1 unspecified atom stereocenters. The van der Waals surface area contributed by atoms with Crippen LogP contribution in [0.2, 0.25) is 0 Å². The summed E-state index contributed by atoms with van der Waals surface area (Å²) in [6.07, 6.45) is 10.0. The van der Waals surface area contributed by atoms with E-state index >= 15 is 0 Å². The molecule has 1 aliphatic carbocycles. The van der Waals surface area contributed by atoms with Crippen LogP contribution in [0.4, 0.5) is 15.8 Å². The fourth-order valence-electron chi connectivity index (χ4n) is 6.90. The summed E-state index contributed by atoms with van der Waals surface area (Å²) in [6.45, 7) is 8.31. The zero-order valence-corrected chi connectivity index (χ0v) is 24.8. The summed E-state index contributed by atoms with van der Waals surface area (Å²) in [5, 5.41) is 5.10. The summed E-state index contributed by atoms with van der Waals surface area (Å²) in [7, 11) is 1.73. The van der Waals surface area contributed by atoms with Crippen LogP contribution in [0.25, 0.3) is 10.9 Å². The molecule has 0 spiro atoms. The first kappa shape index (κ1) is 28.1. The van der Waals surface area contributed by atoms with Gasteiger partial charge in [0.1, 0.15) is 5.82 Å². The molecule has 1 atom stereocenters. The molecule has 0 bridgehead atoms. The van der Waals surface area contributed by atoms with Gasteiger partial charge in [0.2, 0.25) is 0 Å². The third kappa shape index (κ3) is 6.56. The van der Waals surface area contributed by atoms with Gasteiger partial charge in [-0.2, -0.15) is 0 Å². The molecule has 3 heterocycles. The lowest BCUT2D eigenvalue weighted by atomic mass is 9.98. The van der Waals surface area contributed by atoms with Gasteiger partial charge in [-0.25, -0.2) is 4.39 Å². The Morgan fingerprint density at radius 3 is 2.63 bits per heavy atom. The molecule has 6 nitrogen and oxygen atoms in total. The quantitative estimate of drug-likeness (QED) is 0.228. The standard InChI is InChI=1S/C34H45FN4O2/c1-24-12-16-38(23-24)15-7-19-41-33-22-31-29(21-32(33)40-2)34(28-10-4-3-5-11-30(28)37-31)36-26-13-17-39(18-14-26)27-9-6-8-25(35)20-27/h6,8-9,20-22,24,26H,3-5,7,10-19,23H2,1-2H3,(H,36,37). The van der Waals surface area contributed by atoms with E-state index in [0.29, 0.717) is 12.6 Å². The van der Waals surface area contributed by atoms with Gasteiger partial charge in [0, 0.05) is 60.7 Å². The number of aromatic nitrogens is 1. The van der Waals surface area contributed by atoms with E-state index < -0.39 is 0 Å². The van der Waals surface area contributed by atoms with Crippen LogP contribution in [0, 0.1) is 11.7 Å². The monoisotopic (exact) mass is 560 g/mol. The van der Waals surface area contributed by atoms with Gasteiger partial charge in [0.15, 0.2) is 11.5 Å². The van der Waals surface area contributed by atoms with E-state index in [1.807, 2.05) is 6.07 Å². The average Bonchev–Trinajstić information content (AvgIpc) is 3.25. The van der Waals surface area contributed by atoms with Crippen molar-refractivity contribution in [3.63, 3.8) is 0 Å². The van der Waals surface area contributed by atoms with Crippen LogP contribution >= 0.6 is 0 Å². The van der Waals surface area contributed by atoms with Crippen LogP contribution in [0.15, 0.2) is 36.4 Å². The molecule has 7 heteroatoms. The third-order valence-electron chi connectivity index (χ3n) is 9.20. The summed E-state index contributed by atoms with van der Waals surface area (Å²) in [5.41, 5.74) is 5.78. The topological polar surface area (TPSA) is 49.9 Å². The Labute approximate surface area is 244 Å². The van der Waals surface area contributed by atoms with Crippen LogP contribution in [0.1, 0.15) is 63.1 Å². The molecule has 2 fully saturated rings. The molecule has 0 amide bonds. The highest BCUT2D eigenvalue weighted by Gasteiger charge is 2.25. The fourth-order valence-corrected chi connectivity index (χ4v) is 6.90. The smallest absolute Gasteiger partial charge is 0.163 e. The van der Waals surface area contributed by atoms with E-state index in [0.717, 1.165) is 85.7 Å². The molecule has 2 aromatic carbocycles. The Balaban J connectivity index is 1.21. The minimum Gasteiger partial charge on any atom is -0.493 e. The van der Waals surface area contributed by atoms with Crippen molar-refractivity contribution in [3.05, 3.63) is 53.5 Å². The van der Waals surface area contributed by atoms with Gasteiger partial charge >= 0.3 is 0 Å². The van der Waals surface area contributed by atoms with Gasteiger partial charge in [-0.15, -0.1) is 0 Å². The second kappa shape index (κ2) is 12.8. The number of hydrogen-bond acceptors (Lipinski definition) is 6. The minimum absolute atomic E-state index is 0.174. The normalized spacial score (nSPS) is 20.2. The van der Waals surface area contributed by atoms with E-state index in [-0.39, 0.29) is 5.82 Å². The molecule has 220 valence electrons. The Bertz CT molecular complexity index is 1340. The van der Waals surface area contributed by atoms with Crippen LogP contribution in [-0.4, -0.2) is 62.4 Å². The number of ether oxygens (including phenoxy) is 2. The highest BCUT2D eigenvalue weighted by Crippen LogP contribution is 2.40. The molecule has 0 radical (unpaired) electrons. The van der Waals surface area contributed by atoms with Crippen LogP contribution in [0.3, 0.4) is 0 Å². The Morgan fingerprint density at radius 1 is 1.00 bits per heavy atom.